The Hall–Kier alpha value is -4.16. The number of benzene rings is 5. The van der Waals surface area contributed by atoms with Gasteiger partial charge in [-0.15, -0.1) is 0 Å². The topological polar surface area (TPSA) is 51.5 Å². The van der Waals surface area contributed by atoms with Crippen molar-refractivity contribution in [3.63, 3.8) is 0 Å². The third-order valence-electron chi connectivity index (χ3n) is 6.44. The highest BCUT2D eigenvalue weighted by atomic mass is 35.5. The molecule has 0 spiro atoms. The number of fused-ring (bicyclic) bond motifs is 8. The van der Waals surface area contributed by atoms with Gasteiger partial charge in [-0.05, 0) is 65.7 Å². The highest BCUT2D eigenvalue weighted by molar-refractivity contribution is 6.31. The molecule has 7 heteroatoms. The van der Waals surface area contributed by atoms with Crippen LogP contribution in [-0.2, 0) is 6.54 Å². The normalized spacial score (nSPS) is 11.6. The van der Waals surface area contributed by atoms with E-state index in [4.69, 9.17) is 20.8 Å². The average molecular weight is 502 g/mol. The molecule has 0 aliphatic heterocycles. The Morgan fingerprint density at radius 2 is 1.61 bits per heavy atom. The van der Waals surface area contributed by atoms with E-state index in [0.29, 0.717) is 11.1 Å². The van der Waals surface area contributed by atoms with Crippen LogP contribution in [0, 0.1) is 11.6 Å². The molecule has 0 saturated carbocycles. The molecule has 6 rings (SSSR count). The summed E-state index contributed by atoms with van der Waals surface area (Å²) >= 11 is 6.13. The number of methoxy groups -OCH3 is 1. The van der Waals surface area contributed by atoms with E-state index >= 15 is 0 Å². The molecule has 2 bridgehead atoms. The molecule has 0 radical (unpaired) electrons. The lowest BCUT2D eigenvalue weighted by molar-refractivity contribution is 0.0950. The van der Waals surface area contributed by atoms with Crippen molar-refractivity contribution in [2.24, 2.45) is 0 Å². The van der Waals surface area contributed by atoms with Crippen LogP contribution in [0.5, 0.6) is 5.75 Å². The second kappa shape index (κ2) is 8.50. The minimum Gasteiger partial charge on any atom is -0.494 e. The van der Waals surface area contributed by atoms with Gasteiger partial charge in [-0.1, -0.05) is 29.8 Å². The average Bonchev–Trinajstić information content (AvgIpc) is 3.45. The maximum atomic E-state index is 14.6. The zero-order valence-electron chi connectivity index (χ0n) is 19.0. The highest BCUT2D eigenvalue weighted by Crippen LogP contribution is 2.42. The number of rotatable bonds is 5. The quantitative estimate of drug-likeness (QED) is 0.246. The van der Waals surface area contributed by atoms with Gasteiger partial charge in [0.05, 0.1) is 7.11 Å². The number of ether oxygens (including phenoxy) is 1. The SMILES string of the molecule is COc1ccc(Cl)c(CNC(=O)c2ccc3c(c2)c2oc3c3ccc(-c4cccc(F)c4)cc32)c1F. The van der Waals surface area contributed by atoms with Crippen molar-refractivity contribution < 1.29 is 22.7 Å². The fraction of sp³-hybridized carbons (Fsp3) is 0.0690. The van der Waals surface area contributed by atoms with Crippen molar-refractivity contribution in [1.82, 2.24) is 5.32 Å². The Balaban J connectivity index is 1.35. The number of amides is 1. The number of nitrogens with one attached hydrogen (secondary N) is 1. The molecule has 0 aliphatic rings. The molecule has 0 saturated heterocycles. The predicted molar refractivity (Wildman–Crippen MR) is 137 cm³/mol. The molecule has 1 N–H and O–H groups in total. The zero-order valence-corrected chi connectivity index (χ0v) is 19.7. The molecule has 0 fully saturated rings. The summed E-state index contributed by atoms with van der Waals surface area (Å²) in [5, 5.41) is 6.47. The summed E-state index contributed by atoms with van der Waals surface area (Å²) in [6.45, 7) is -0.0952. The van der Waals surface area contributed by atoms with Crippen LogP contribution in [0.4, 0.5) is 8.78 Å². The molecule has 6 aromatic rings. The van der Waals surface area contributed by atoms with E-state index in [1.165, 1.54) is 31.4 Å². The standard InChI is InChI=1S/C29H18ClF2NO3/c1-35-25-10-9-24(30)23(26(25)32)14-33-29(34)17-6-8-20-22(13-17)28-21-12-16(5-7-19(21)27(20)36-28)15-3-2-4-18(31)11-15/h2-13H,14H2,1H3,(H,33,34). The van der Waals surface area contributed by atoms with E-state index in [1.54, 1.807) is 18.2 Å². The van der Waals surface area contributed by atoms with E-state index in [0.717, 1.165) is 38.3 Å². The number of hydrogen-bond donors (Lipinski definition) is 1. The lowest BCUT2D eigenvalue weighted by Crippen LogP contribution is -2.23. The monoisotopic (exact) mass is 501 g/mol. The first kappa shape index (κ1) is 22.3. The summed E-state index contributed by atoms with van der Waals surface area (Å²) in [4.78, 5) is 12.9. The van der Waals surface area contributed by atoms with Crippen LogP contribution in [0.25, 0.3) is 43.8 Å². The summed E-state index contributed by atoms with van der Waals surface area (Å²) in [6, 6.07) is 20.6. The largest absolute Gasteiger partial charge is 0.494 e. The number of hydrogen-bond acceptors (Lipinski definition) is 3. The Kier molecular flexibility index (Phi) is 5.27. The van der Waals surface area contributed by atoms with Gasteiger partial charge >= 0.3 is 0 Å². The smallest absolute Gasteiger partial charge is 0.251 e. The number of carbonyl (C=O) groups excluding carboxylic acids is 1. The van der Waals surface area contributed by atoms with Crippen LogP contribution >= 0.6 is 11.6 Å². The lowest BCUT2D eigenvalue weighted by Gasteiger charge is -2.11. The van der Waals surface area contributed by atoms with Crippen LogP contribution in [0.15, 0.2) is 77.2 Å². The summed E-state index contributed by atoms with van der Waals surface area (Å²) in [7, 11) is 1.37. The third kappa shape index (κ3) is 3.53. The van der Waals surface area contributed by atoms with E-state index in [1.807, 2.05) is 30.3 Å². The molecule has 0 unspecified atom stereocenters. The van der Waals surface area contributed by atoms with Crippen molar-refractivity contribution >= 4 is 50.2 Å². The summed E-state index contributed by atoms with van der Waals surface area (Å²) < 4.78 is 39.4. The number of carbonyl (C=O) groups is 1. The Morgan fingerprint density at radius 3 is 2.39 bits per heavy atom. The highest BCUT2D eigenvalue weighted by Gasteiger charge is 2.20. The van der Waals surface area contributed by atoms with Crippen molar-refractivity contribution in [3.05, 3.63) is 101 Å². The first-order valence-corrected chi connectivity index (χ1v) is 11.6. The van der Waals surface area contributed by atoms with Crippen LogP contribution in [0.3, 0.4) is 0 Å². The number of furan rings is 2. The minimum absolute atomic E-state index is 0.0547. The van der Waals surface area contributed by atoms with Gasteiger partial charge in [-0.25, -0.2) is 8.78 Å². The van der Waals surface area contributed by atoms with Crippen molar-refractivity contribution in [2.45, 2.75) is 6.54 Å². The Morgan fingerprint density at radius 1 is 0.889 bits per heavy atom. The summed E-state index contributed by atoms with van der Waals surface area (Å²) in [5.74, 6) is -1.23. The first-order chi connectivity index (χ1) is 17.4. The van der Waals surface area contributed by atoms with Gasteiger partial charge in [-0.2, -0.15) is 0 Å². The molecule has 4 aromatic carbocycles. The molecule has 36 heavy (non-hydrogen) atoms. The van der Waals surface area contributed by atoms with Crippen LogP contribution in [0.2, 0.25) is 5.02 Å². The molecule has 2 aromatic heterocycles. The van der Waals surface area contributed by atoms with Crippen LogP contribution < -0.4 is 10.1 Å². The fourth-order valence-electron chi connectivity index (χ4n) is 4.63. The van der Waals surface area contributed by atoms with E-state index in [-0.39, 0.29) is 34.6 Å². The molecule has 1 amide bonds. The minimum atomic E-state index is -0.609. The van der Waals surface area contributed by atoms with E-state index < -0.39 is 5.82 Å². The fourth-order valence-corrected chi connectivity index (χ4v) is 4.84. The Bertz CT molecular complexity index is 1790. The first-order valence-electron chi connectivity index (χ1n) is 11.2. The van der Waals surface area contributed by atoms with E-state index in [2.05, 4.69) is 5.32 Å². The van der Waals surface area contributed by atoms with Gasteiger partial charge < -0.3 is 14.5 Å². The van der Waals surface area contributed by atoms with Gasteiger partial charge in [0.2, 0.25) is 0 Å². The van der Waals surface area contributed by atoms with Gasteiger partial charge in [0.1, 0.15) is 17.0 Å². The maximum absolute atomic E-state index is 14.6. The molecule has 0 atom stereocenters. The third-order valence-corrected chi connectivity index (χ3v) is 6.79. The van der Waals surface area contributed by atoms with Crippen molar-refractivity contribution in [2.75, 3.05) is 7.11 Å². The summed E-state index contributed by atoms with van der Waals surface area (Å²) in [6.07, 6.45) is 0. The van der Waals surface area contributed by atoms with Gasteiger partial charge in [0.15, 0.2) is 11.6 Å². The maximum Gasteiger partial charge on any atom is 0.251 e. The van der Waals surface area contributed by atoms with Crippen molar-refractivity contribution in [1.29, 1.82) is 0 Å². The van der Waals surface area contributed by atoms with Crippen LogP contribution in [0.1, 0.15) is 15.9 Å². The Labute approximate surface area is 209 Å². The zero-order chi connectivity index (χ0) is 25.0. The molecule has 2 heterocycles. The second-order valence-corrected chi connectivity index (χ2v) is 8.92. The molecule has 4 nitrogen and oxygen atoms in total. The van der Waals surface area contributed by atoms with Gasteiger partial charge in [-0.3, -0.25) is 4.79 Å². The van der Waals surface area contributed by atoms with Crippen molar-refractivity contribution in [3.8, 4) is 16.9 Å². The molecular formula is C29H18ClF2NO3. The van der Waals surface area contributed by atoms with Gasteiger partial charge in [0, 0.05) is 44.2 Å². The number of halogens is 3. The predicted octanol–water partition coefficient (Wildman–Crippen LogP) is 7.71. The molecule has 0 aliphatic carbocycles. The van der Waals surface area contributed by atoms with Gasteiger partial charge in [0.25, 0.3) is 5.91 Å². The lowest BCUT2D eigenvalue weighted by atomic mass is 9.97. The molecular weight excluding hydrogens is 484 g/mol. The second-order valence-electron chi connectivity index (χ2n) is 8.52. The van der Waals surface area contributed by atoms with E-state index in [9.17, 15) is 13.6 Å². The van der Waals surface area contributed by atoms with Crippen LogP contribution in [-0.4, -0.2) is 13.0 Å². The summed E-state index contributed by atoms with van der Waals surface area (Å²) in [5.41, 5.74) is 3.58. The molecule has 178 valence electrons.